The fraction of sp³-hybridized carbons (Fsp3) is 0.227. The third-order valence-electron chi connectivity index (χ3n) is 4.30. The van der Waals surface area contributed by atoms with Crippen LogP contribution in [0.1, 0.15) is 16.1 Å². The van der Waals surface area contributed by atoms with Crippen molar-refractivity contribution in [3.63, 3.8) is 0 Å². The first-order chi connectivity index (χ1) is 14.1. The average Bonchev–Trinajstić information content (AvgIpc) is 2.75. The molecule has 3 rings (SSSR count). The molecule has 7 heteroatoms. The SMILES string of the molecule is COCCN(Cc1ccccc1)C(=O)COC(=O)c1cc(=O)c2ccccc2o1. The molecule has 0 bridgehead atoms. The third kappa shape index (κ3) is 5.30. The lowest BCUT2D eigenvalue weighted by atomic mass is 10.2. The summed E-state index contributed by atoms with van der Waals surface area (Å²) in [6, 6.07) is 17.1. The normalized spacial score (nSPS) is 10.7. The van der Waals surface area contributed by atoms with Crippen LogP contribution in [0.15, 0.2) is 69.9 Å². The van der Waals surface area contributed by atoms with Crippen molar-refractivity contribution in [1.29, 1.82) is 0 Å². The summed E-state index contributed by atoms with van der Waals surface area (Å²) in [6.07, 6.45) is 0. The van der Waals surface area contributed by atoms with Crippen molar-refractivity contribution < 1.29 is 23.5 Å². The van der Waals surface area contributed by atoms with E-state index < -0.39 is 12.6 Å². The number of nitrogens with zero attached hydrogens (tertiary/aromatic N) is 1. The number of carbonyl (C=O) groups excluding carboxylic acids is 2. The molecule has 0 saturated heterocycles. The maximum Gasteiger partial charge on any atom is 0.374 e. The van der Waals surface area contributed by atoms with Crippen molar-refractivity contribution in [2.75, 3.05) is 26.9 Å². The molecule has 0 N–H and O–H groups in total. The van der Waals surface area contributed by atoms with Gasteiger partial charge in [0.05, 0.1) is 12.0 Å². The van der Waals surface area contributed by atoms with E-state index in [1.807, 2.05) is 30.3 Å². The van der Waals surface area contributed by atoms with Gasteiger partial charge in [0, 0.05) is 26.3 Å². The van der Waals surface area contributed by atoms with E-state index in [1.165, 1.54) is 0 Å². The molecule has 0 aliphatic rings. The molecule has 7 nitrogen and oxygen atoms in total. The van der Waals surface area contributed by atoms with E-state index in [2.05, 4.69) is 0 Å². The van der Waals surface area contributed by atoms with E-state index in [0.29, 0.717) is 25.1 Å². The first-order valence-corrected chi connectivity index (χ1v) is 9.09. The van der Waals surface area contributed by atoms with Gasteiger partial charge in [0.2, 0.25) is 5.76 Å². The molecule has 0 atom stereocenters. The lowest BCUT2D eigenvalue weighted by Crippen LogP contribution is -2.36. The summed E-state index contributed by atoms with van der Waals surface area (Å²) in [5, 5.41) is 0.369. The average molecular weight is 395 g/mol. The molecule has 1 aromatic heterocycles. The van der Waals surface area contributed by atoms with Crippen molar-refractivity contribution >= 4 is 22.8 Å². The van der Waals surface area contributed by atoms with Crippen LogP contribution in [0, 0.1) is 0 Å². The standard InChI is InChI=1S/C22H21NO6/c1-27-12-11-23(14-16-7-3-2-4-8-16)21(25)15-28-22(26)20-13-18(24)17-9-5-6-10-19(17)29-20/h2-10,13H,11-12,14-15H2,1H3. The minimum absolute atomic E-state index is 0.243. The molecular weight excluding hydrogens is 374 g/mol. The second kappa shape index (κ2) is 9.66. The first-order valence-electron chi connectivity index (χ1n) is 9.09. The quantitative estimate of drug-likeness (QED) is 0.545. The minimum atomic E-state index is -0.868. The van der Waals surface area contributed by atoms with E-state index in [1.54, 1.807) is 36.3 Å². The smallest absolute Gasteiger partial charge is 0.374 e. The molecule has 2 aromatic carbocycles. The van der Waals surface area contributed by atoms with Crippen LogP contribution in [0.25, 0.3) is 11.0 Å². The largest absolute Gasteiger partial charge is 0.450 e. The molecule has 0 saturated carbocycles. The highest BCUT2D eigenvalue weighted by molar-refractivity contribution is 5.90. The van der Waals surface area contributed by atoms with Gasteiger partial charge in [0.15, 0.2) is 12.0 Å². The van der Waals surface area contributed by atoms with Crippen LogP contribution in [0.2, 0.25) is 0 Å². The highest BCUT2D eigenvalue weighted by Gasteiger charge is 2.19. The molecule has 0 aliphatic carbocycles. The van der Waals surface area contributed by atoms with E-state index in [0.717, 1.165) is 11.6 Å². The molecule has 29 heavy (non-hydrogen) atoms. The summed E-state index contributed by atoms with van der Waals surface area (Å²) in [6.45, 7) is 0.608. The van der Waals surface area contributed by atoms with Gasteiger partial charge in [-0.15, -0.1) is 0 Å². The molecule has 0 aliphatic heterocycles. The Labute approximate surface area is 167 Å². The zero-order valence-corrected chi connectivity index (χ0v) is 16.0. The summed E-state index contributed by atoms with van der Waals surface area (Å²) >= 11 is 0. The van der Waals surface area contributed by atoms with E-state index in [-0.39, 0.29) is 22.7 Å². The topological polar surface area (TPSA) is 86.0 Å². The van der Waals surface area contributed by atoms with Crippen molar-refractivity contribution in [2.45, 2.75) is 6.54 Å². The lowest BCUT2D eigenvalue weighted by molar-refractivity contribution is -0.135. The molecule has 0 unspecified atom stereocenters. The zero-order valence-electron chi connectivity index (χ0n) is 16.0. The van der Waals surface area contributed by atoms with Gasteiger partial charge in [-0.2, -0.15) is 0 Å². The van der Waals surface area contributed by atoms with Crippen LogP contribution in [-0.4, -0.2) is 43.6 Å². The summed E-state index contributed by atoms with van der Waals surface area (Å²) < 4.78 is 15.6. The van der Waals surface area contributed by atoms with E-state index >= 15 is 0 Å². The van der Waals surface area contributed by atoms with Crippen LogP contribution < -0.4 is 5.43 Å². The van der Waals surface area contributed by atoms with Gasteiger partial charge >= 0.3 is 5.97 Å². The number of benzene rings is 2. The second-order valence-electron chi connectivity index (χ2n) is 6.34. The lowest BCUT2D eigenvalue weighted by Gasteiger charge is -2.22. The van der Waals surface area contributed by atoms with Gasteiger partial charge in [-0.25, -0.2) is 4.79 Å². The molecule has 1 heterocycles. The number of para-hydroxylation sites is 1. The number of fused-ring (bicyclic) bond motifs is 1. The zero-order chi connectivity index (χ0) is 20.6. The maximum absolute atomic E-state index is 12.6. The van der Waals surface area contributed by atoms with Gasteiger partial charge in [-0.3, -0.25) is 9.59 Å². The Morgan fingerprint density at radius 3 is 2.52 bits per heavy atom. The molecule has 1 amide bonds. The van der Waals surface area contributed by atoms with Crippen LogP contribution in [0.5, 0.6) is 0 Å². The Balaban J connectivity index is 1.67. The fourth-order valence-corrected chi connectivity index (χ4v) is 2.79. The number of amides is 1. The highest BCUT2D eigenvalue weighted by Crippen LogP contribution is 2.12. The molecule has 0 spiro atoms. The van der Waals surface area contributed by atoms with Crippen molar-refractivity contribution in [1.82, 2.24) is 4.90 Å². The molecular formula is C22H21NO6. The minimum Gasteiger partial charge on any atom is -0.450 e. The molecule has 3 aromatic rings. The summed E-state index contributed by atoms with van der Waals surface area (Å²) in [5.74, 6) is -1.48. The Bertz CT molecular complexity index is 1040. The maximum atomic E-state index is 12.6. The van der Waals surface area contributed by atoms with Gasteiger partial charge in [-0.05, 0) is 17.7 Å². The van der Waals surface area contributed by atoms with Crippen LogP contribution in [0.3, 0.4) is 0 Å². The monoisotopic (exact) mass is 395 g/mol. The number of hydrogen-bond acceptors (Lipinski definition) is 6. The number of methoxy groups -OCH3 is 1. The van der Waals surface area contributed by atoms with E-state index in [4.69, 9.17) is 13.9 Å². The molecule has 0 fully saturated rings. The van der Waals surface area contributed by atoms with Gasteiger partial charge in [0.25, 0.3) is 5.91 Å². The van der Waals surface area contributed by atoms with E-state index in [9.17, 15) is 14.4 Å². The number of ether oxygens (including phenoxy) is 2. The first kappa shape index (κ1) is 20.3. The molecule has 150 valence electrons. The Morgan fingerprint density at radius 1 is 1.03 bits per heavy atom. The predicted octanol–water partition coefficient (Wildman–Crippen LogP) is 2.63. The Hall–Kier alpha value is -3.45. The van der Waals surface area contributed by atoms with Crippen LogP contribution >= 0.6 is 0 Å². The van der Waals surface area contributed by atoms with Gasteiger partial charge in [0.1, 0.15) is 5.58 Å². The van der Waals surface area contributed by atoms with Crippen LogP contribution in [0.4, 0.5) is 0 Å². The molecule has 0 radical (unpaired) electrons. The Morgan fingerprint density at radius 2 is 1.76 bits per heavy atom. The fourth-order valence-electron chi connectivity index (χ4n) is 2.79. The third-order valence-corrected chi connectivity index (χ3v) is 4.30. The summed E-state index contributed by atoms with van der Waals surface area (Å²) in [4.78, 5) is 38.5. The number of rotatable bonds is 8. The van der Waals surface area contributed by atoms with Crippen molar-refractivity contribution in [2.24, 2.45) is 0 Å². The highest BCUT2D eigenvalue weighted by atomic mass is 16.5. The van der Waals surface area contributed by atoms with Crippen LogP contribution in [-0.2, 0) is 20.8 Å². The van der Waals surface area contributed by atoms with Gasteiger partial charge < -0.3 is 18.8 Å². The van der Waals surface area contributed by atoms with Gasteiger partial charge in [-0.1, -0.05) is 42.5 Å². The summed E-state index contributed by atoms with van der Waals surface area (Å²) in [5.41, 5.74) is 0.879. The Kier molecular flexibility index (Phi) is 6.76. The number of hydrogen-bond donors (Lipinski definition) is 0. The van der Waals surface area contributed by atoms with Crippen molar-refractivity contribution in [3.05, 3.63) is 82.2 Å². The van der Waals surface area contributed by atoms with Crippen molar-refractivity contribution in [3.8, 4) is 0 Å². The predicted molar refractivity (Wildman–Crippen MR) is 107 cm³/mol. The number of carbonyl (C=O) groups is 2. The number of esters is 1. The second-order valence-corrected chi connectivity index (χ2v) is 6.34. The summed E-state index contributed by atoms with van der Waals surface area (Å²) in [7, 11) is 1.55.